The van der Waals surface area contributed by atoms with Crippen molar-refractivity contribution in [2.75, 3.05) is 20.2 Å². The van der Waals surface area contributed by atoms with Crippen molar-refractivity contribution >= 4 is 17.9 Å². The van der Waals surface area contributed by atoms with Gasteiger partial charge in [0.25, 0.3) is 5.91 Å². The number of hydroxylamine groups is 1. The van der Waals surface area contributed by atoms with E-state index in [9.17, 15) is 9.90 Å². The third-order valence-corrected chi connectivity index (χ3v) is 5.48. The highest BCUT2D eigenvalue weighted by Crippen LogP contribution is 2.33. The summed E-state index contributed by atoms with van der Waals surface area (Å²) in [5.74, 6) is 0.719. The number of hydrogen-bond acceptors (Lipinski definition) is 7. The van der Waals surface area contributed by atoms with Crippen LogP contribution in [0.4, 0.5) is 0 Å². The number of nitrogens with one attached hydrogen (secondary N) is 1. The van der Waals surface area contributed by atoms with Crippen molar-refractivity contribution in [3.05, 3.63) is 48.0 Å². The molecule has 0 saturated carbocycles. The van der Waals surface area contributed by atoms with Crippen molar-refractivity contribution in [3.63, 3.8) is 0 Å². The minimum atomic E-state index is -0.728. The van der Waals surface area contributed by atoms with Crippen LogP contribution in [-0.4, -0.2) is 46.8 Å². The van der Waals surface area contributed by atoms with Crippen molar-refractivity contribution in [2.45, 2.75) is 23.8 Å². The number of ether oxygens (including phenoxy) is 2. The summed E-state index contributed by atoms with van der Waals surface area (Å²) in [7, 11) is 1.63. The van der Waals surface area contributed by atoms with E-state index in [0.29, 0.717) is 4.90 Å². The number of rotatable bonds is 6. The largest absolute Gasteiger partial charge is 0.507 e. The number of methoxy groups -OCH3 is 1. The van der Waals surface area contributed by atoms with E-state index in [2.05, 4.69) is 4.31 Å². The first-order chi connectivity index (χ1) is 13.1. The molecule has 0 aliphatic carbocycles. The molecule has 7 nitrogen and oxygen atoms in total. The van der Waals surface area contributed by atoms with Crippen LogP contribution in [0.25, 0.3) is 0 Å². The van der Waals surface area contributed by atoms with Gasteiger partial charge in [-0.3, -0.25) is 10.0 Å². The average molecular weight is 390 g/mol. The van der Waals surface area contributed by atoms with Gasteiger partial charge in [-0.15, -0.1) is 0 Å². The van der Waals surface area contributed by atoms with Crippen LogP contribution in [0.5, 0.6) is 17.2 Å². The van der Waals surface area contributed by atoms with Crippen molar-refractivity contribution in [1.29, 1.82) is 0 Å². The van der Waals surface area contributed by atoms with Gasteiger partial charge in [0.2, 0.25) is 0 Å². The van der Waals surface area contributed by atoms with E-state index in [1.54, 1.807) is 24.7 Å². The molecule has 8 heteroatoms. The molecule has 1 fully saturated rings. The Labute approximate surface area is 162 Å². The van der Waals surface area contributed by atoms with Crippen LogP contribution >= 0.6 is 11.9 Å². The second kappa shape index (κ2) is 8.98. The smallest absolute Gasteiger partial charge is 0.279 e. The van der Waals surface area contributed by atoms with Gasteiger partial charge in [0.1, 0.15) is 23.4 Å². The second-order valence-corrected chi connectivity index (χ2v) is 7.24. The zero-order chi connectivity index (χ0) is 19.2. The highest BCUT2D eigenvalue weighted by molar-refractivity contribution is 7.97. The van der Waals surface area contributed by atoms with Crippen LogP contribution in [0.15, 0.2) is 47.4 Å². The van der Waals surface area contributed by atoms with Crippen molar-refractivity contribution < 1.29 is 24.6 Å². The first-order valence-electron chi connectivity index (χ1n) is 8.60. The molecule has 1 heterocycles. The van der Waals surface area contributed by atoms with Gasteiger partial charge in [-0.25, -0.2) is 9.79 Å². The fourth-order valence-corrected chi connectivity index (χ4v) is 4.01. The minimum absolute atomic E-state index is 0.0709. The Hall–Kier alpha value is -2.42. The molecule has 3 N–H and O–H groups in total. The number of benzene rings is 2. The van der Waals surface area contributed by atoms with Crippen molar-refractivity contribution in [1.82, 2.24) is 9.79 Å². The van der Waals surface area contributed by atoms with Crippen LogP contribution in [0, 0.1) is 0 Å². The SMILES string of the molecule is COc1ccc(OC2CCN(Sc3cccc(O)c3C(=O)NO)CC2)cc1. The lowest BCUT2D eigenvalue weighted by Gasteiger charge is -2.31. The predicted molar refractivity (Wildman–Crippen MR) is 101 cm³/mol. The maximum atomic E-state index is 11.8. The molecule has 2 aromatic carbocycles. The molecular weight excluding hydrogens is 368 g/mol. The van der Waals surface area contributed by atoms with E-state index in [4.69, 9.17) is 14.7 Å². The summed E-state index contributed by atoms with van der Waals surface area (Å²) in [6, 6.07) is 12.4. The van der Waals surface area contributed by atoms with E-state index in [-0.39, 0.29) is 17.4 Å². The fraction of sp³-hybridized carbons (Fsp3) is 0.316. The lowest BCUT2D eigenvalue weighted by atomic mass is 10.1. The maximum absolute atomic E-state index is 11.8. The van der Waals surface area contributed by atoms with E-state index in [0.717, 1.165) is 37.4 Å². The minimum Gasteiger partial charge on any atom is -0.507 e. The Morgan fingerprint density at radius 2 is 1.81 bits per heavy atom. The van der Waals surface area contributed by atoms with Gasteiger partial charge in [-0.05, 0) is 61.2 Å². The number of aromatic hydroxyl groups is 1. The molecule has 1 saturated heterocycles. The van der Waals surface area contributed by atoms with E-state index in [1.807, 2.05) is 24.3 Å². The zero-order valence-corrected chi connectivity index (χ0v) is 15.7. The molecule has 0 spiro atoms. The van der Waals surface area contributed by atoms with Gasteiger partial charge < -0.3 is 14.6 Å². The quantitative estimate of drug-likeness (QED) is 0.397. The van der Waals surface area contributed by atoms with Crippen molar-refractivity contribution in [3.8, 4) is 17.2 Å². The fourth-order valence-electron chi connectivity index (χ4n) is 2.91. The number of carbonyl (C=O) groups is 1. The summed E-state index contributed by atoms with van der Waals surface area (Å²) in [5, 5.41) is 18.8. The molecule has 1 amide bonds. The monoisotopic (exact) mass is 390 g/mol. The lowest BCUT2D eigenvalue weighted by molar-refractivity contribution is 0.0699. The second-order valence-electron chi connectivity index (χ2n) is 6.10. The van der Waals surface area contributed by atoms with Crippen LogP contribution < -0.4 is 15.0 Å². The average Bonchev–Trinajstić information content (AvgIpc) is 2.70. The molecule has 0 unspecified atom stereocenters. The first-order valence-corrected chi connectivity index (χ1v) is 9.38. The highest BCUT2D eigenvalue weighted by atomic mass is 32.2. The number of phenolic OH excluding ortho intramolecular Hbond substituents is 1. The molecule has 2 aromatic rings. The Bertz CT molecular complexity index is 776. The van der Waals surface area contributed by atoms with Gasteiger partial charge in [0.15, 0.2) is 0 Å². The Balaban J connectivity index is 1.57. The normalized spacial score (nSPS) is 15.3. The van der Waals surface area contributed by atoms with Crippen LogP contribution in [-0.2, 0) is 0 Å². The van der Waals surface area contributed by atoms with Crippen molar-refractivity contribution in [2.24, 2.45) is 0 Å². The van der Waals surface area contributed by atoms with Crippen LogP contribution in [0.1, 0.15) is 23.2 Å². The number of nitrogens with zero attached hydrogens (tertiary/aromatic N) is 1. The highest BCUT2D eigenvalue weighted by Gasteiger charge is 2.24. The summed E-state index contributed by atoms with van der Waals surface area (Å²) < 4.78 is 13.3. The number of carbonyl (C=O) groups excluding carboxylic acids is 1. The third kappa shape index (κ3) is 4.85. The van der Waals surface area contributed by atoms with E-state index >= 15 is 0 Å². The summed E-state index contributed by atoms with van der Waals surface area (Å²) in [4.78, 5) is 12.4. The third-order valence-electron chi connectivity index (χ3n) is 4.32. The van der Waals surface area contributed by atoms with Crippen LogP contribution in [0.2, 0.25) is 0 Å². The molecule has 3 rings (SSSR count). The summed E-state index contributed by atoms with van der Waals surface area (Å²) in [6.45, 7) is 1.56. The molecule has 144 valence electrons. The number of phenols is 1. The number of amides is 1. The van der Waals surface area contributed by atoms with Gasteiger partial charge in [-0.1, -0.05) is 6.07 Å². The van der Waals surface area contributed by atoms with Gasteiger partial charge >= 0.3 is 0 Å². The molecule has 0 bridgehead atoms. The molecule has 1 aliphatic heterocycles. The number of hydrogen-bond donors (Lipinski definition) is 3. The van der Waals surface area contributed by atoms with Crippen LogP contribution in [0.3, 0.4) is 0 Å². The molecule has 0 atom stereocenters. The Morgan fingerprint density at radius 1 is 1.15 bits per heavy atom. The Morgan fingerprint density at radius 3 is 2.44 bits per heavy atom. The topological polar surface area (TPSA) is 91.3 Å². The maximum Gasteiger partial charge on any atom is 0.279 e. The lowest BCUT2D eigenvalue weighted by Crippen LogP contribution is -2.34. The predicted octanol–water partition coefficient (Wildman–Crippen LogP) is 3.07. The summed E-state index contributed by atoms with van der Waals surface area (Å²) in [6.07, 6.45) is 1.82. The van der Waals surface area contributed by atoms with E-state index < -0.39 is 5.91 Å². The number of piperidine rings is 1. The van der Waals surface area contributed by atoms with Gasteiger partial charge in [-0.2, -0.15) is 0 Å². The molecule has 0 radical (unpaired) electrons. The molecular formula is C19H22N2O5S. The molecule has 27 heavy (non-hydrogen) atoms. The zero-order valence-electron chi connectivity index (χ0n) is 14.9. The standard InChI is InChI=1S/C19H22N2O5S/c1-25-13-5-7-14(8-6-13)26-15-9-11-21(12-10-15)27-17-4-2-3-16(22)18(17)19(23)20-24/h2-8,15,22,24H,9-12H2,1H3,(H,20,23). The van der Waals surface area contributed by atoms with Gasteiger partial charge in [0.05, 0.1) is 12.7 Å². The molecule has 0 aromatic heterocycles. The van der Waals surface area contributed by atoms with Gasteiger partial charge in [0, 0.05) is 18.0 Å². The first kappa shape index (κ1) is 19.3. The molecule has 1 aliphatic rings. The summed E-state index contributed by atoms with van der Waals surface area (Å²) in [5.41, 5.74) is 1.65. The summed E-state index contributed by atoms with van der Waals surface area (Å²) >= 11 is 1.39. The van der Waals surface area contributed by atoms with E-state index in [1.165, 1.54) is 18.0 Å². The Kier molecular flexibility index (Phi) is 6.44.